The fraction of sp³-hybridized carbons (Fsp3) is 0.133. The molecule has 0 N–H and O–H groups in total. The lowest BCUT2D eigenvalue weighted by molar-refractivity contribution is 0.112. The zero-order valence-corrected chi connectivity index (χ0v) is 10.8. The number of hydrogen-bond donors (Lipinski definition) is 0. The first-order valence-electron chi connectivity index (χ1n) is 5.72. The van der Waals surface area contributed by atoms with Gasteiger partial charge >= 0.3 is 0 Å². The van der Waals surface area contributed by atoms with Gasteiger partial charge in [0.25, 0.3) is 0 Å². The van der Waals surface area contributed by atoms with Crippen molar-refractivity contribution in [3.05, 3.63) is 53.1 Å². The molecule has 0 aliphatic carbocycles. The predicted molar refractivity (Wildman–Crippen MR) is 73.4 cm³/mol. The number of rotatable bonds is 4. The first-order chi connectivity index (χ1) is 8.74. The SMILES string of the molecule is CCOc1ccc(-c2cccc(C=O)c2)cc1Cl. The topological polar surface area (TPSA) is 26.3 Å². The van der Waals surface area contributed by atoms with Crippen LogP contribution in [0.2, 0.25) is 5.02 Å². The van der Waals surface area contributed by atoms with Crippen molar-refractivity contribution >= 4 is 17.9 Å². The number of hydrogen-bond acceptors (Lipinski definition) is 2. The fourth-order valence-corrected chi connectivity index (χ4v) is 1.98. The standard InChI is InChI=1S/C15H13ClO2/c1-2-18-15-7-6-13(9-14(15)16)12-5-3-4-11(8-12)10-17/h3-10H,2H2,1H3. The van der Waals surface area contributed by atoms with Crippen LogP contribution in [0.1, 0.15) is 17.3 Å². The molecule has 18 heavy (non-hydrogen) atoms. The average Bonchev–Trinajstić information content (AvgIpc) is 2.41. The Bertz CT molecular complexity index is 564. The Hall–Kier alpha value is -1.80. The van der Waals surface area contributed by atoms with Crippen LogP contribution in [0.5, 0.6) is 5.75 Å². The van der Waals surface area contributed by atoms with E-state index in [2.05, 4.69) is 0 Å². The first-order valence-corrected chi connectivity index (χ1v) is 6.10. The highest BCUT2D eigenvalue weighted by Gasteiger charge is 2.04. The summed E-state index contributed by atoms with van der Waals surface area (Å²) in [7, 11) is 0. The third kappa shape index (κ3) is 2.71. The van der Waals surface area contributed by atoms with Crippen LogP contribution in [0, 0.1) is 0 Å². The third-order valence-electron chi connectivity index (χ3n) is 2.59. The molecule has 0 aliphatic heterocycles. The molecule has 3 heteroatoms. The second kappa shape index (κ2) is 5.69. The molecular weight excluding hydrogens is 248 g/mol. The fourth-order valence-electron chi connectivity index (χ4n) is 1.74. The number of carbonyl (C=O) groups is 1. The van der Waals surface area contributed by atoms with Crippen LogP contribution >= 0.6 is 11.6 Å². The van der Waals surface area contributed by atoms with Crippen molar-refractivity contribution in [1.29, 1.82) is 0 Å². The molecule has 0 bridgehead atoms. The van der Waals surface area contributed by atoms with E-state index in [0.29, 0.717) is 22.9 Å². The molecule has 0 fully saturated rings. The van der Waals surface area contributed by atoms with Gasteiger partial charge in [0.15, 0.2) is 0 Å². The van der Waals surface area contributed by atoms with Crippen molar-refractivity contribution in [3.63, 3.8) is 0 Å². The highest BCUT2D eigenvalue weighted by atomic mass is 35.5. The van der Waals surface area contributed by atoms with Crippen molar-refractivity contribution in [2.24, 2.45) is 0 Å². The quantitative estimate of drug-likeness (QED) is 0.770. The number of carbonyl (C=O) groups excluding carboxylic acids is 1. The van der Waals surface area contributed by atoms with Gasteiger partial charge in [-0.25, -0.2) is 0 Å². The van der Waals surface area contributed by atoms with Gasteiger partial charge in [0.2, 0.25) is 0 Å². The normalized spacial score (nSPS) is 10.1. The van der Waals surface area contributed by atoms with Crippen LogP contribution in [-0.2, 0) is 0 Å². The molecule has 0 aliphatic rings. The van der Waals surface area contributed by atoms with Gasteiger partial charge in [0.05, 0.1) is 11.6 Å². The third-order valence-corrected chi connectivity index (χ3v) is 2.88. The van der Waals surface area contributed by atoms with Crippen molar-refractivity contribution in [2.45, 2.75) is 6.92 Å². The van der Waals surface area contributed by atoms with Crippen LogP contribution < -0.4 is 4.74 Å². The Morgan fingerprint density at radius 2 is 1.94 bits per heavy atom. The maximum Gasteiger partial charge on any atom is 0.150 e. The van der Waals surface area contributed by atoms with Crippen molar-refractivity contribution in [1.82, 2.24) is 0 Å². The molecule has 0 spiro atoms. The largest absolute Gasteiger partial charge is 0.492 e. The Morgan fingerprint density at radius 3 is 2.61 bits per heavy atom. The molecule has 92 valence electrons. The van der Waals surface area contributed by atoms with Gasteiger partial charge in [0.1, 0.15) is 12.0 Å². The van der Waals surface area contributed by atoms with E-state index in [0.717, 1.165) is 17.4 Å². The monoisotopic (exact) mass is 260 g/mol. The zero-order valence-electron chi connectivity index (χ0n) is 10.0. The smallest absolute Gasteiger partial charge is 0.150 e. The summed E-state index contributed by atoms with van der Waals surface area (Å²) >= 11 is 6.14. The summed E-state index contributed by atoms with van der Waals surface area (Å²) in [6.07, 6.45) is 0.833. The summed E-state index contributed by atoms with van der Waals surface area (Å²) in [5, 5.41) is 0.575. The van der Waals surface area contributed by atoms with Gasteiger partial charge in [-0.05, 0) is 36.2 Å². The van der Waals surface area contributed by atoms with E-state index in [1.807, 2.05) is 43.3 Å². The molecule has 0 saturated carbocycles. The molecule has 2 rings (SSSR count). The zero-order chi connectivity index (χ0) is 13.0. The lowest BCUT2D eigenvalue weighted by Crippen LogP contribution is -1.92. The number of halogens is 1. The maximum absolute atomic E-state index is 10.8. The maximum atomic E-state index is 10.8. The number of benzene rings is 2. The second-order valence-electron chi connectivity index (χ2n) is 3.82. The Labute approximate surface area is 111 Å². The molecular formula is C15H13ClO2. The van der Waals surface area contributed by atoms with Gasteiger partial charge in [0, 0.05) is 5.56 Å². The van der Waals surface area contributed by atoms with E-state index in [1.165, 1.54) is 0 Å². The van der Waals surface area contributed by atoms with E-state index >= 15 is 0 Å². The number of aldehydes is 1. The minimum absolute atomic E-state index is 0.575. The van der Waals surface area contributed by atoms with Crippen LogP contribution in [0.25, 0.3) is 11.1 Å². The van der Waals surface area contributed by atoms with Crippen LogP contribution in [0.4, 0.5) is 0 Å². The highest BCUT2D eigenvalue weighted by Crippen LogP contribution is 2.30. The van der Waals surface area contributed by atoms with E-state index in [9.17, 15) is 4.79 Å². The van der Waals surface area contributed by atoms with Crippen molar-refractivity contribution in [3.8, 4) is 16.9 Å². The summed E-state index contributed by atoms with van der Waals surface area (Å²) in [4.78, 5) is 10.8. The lowest BCUT2D eigenvalue weighted by atomic mass is 10.0. The van der Waals surface area contributed by atoms with Crippen LogP contribution in [0.3, 0.4) is 0 Å². The average molecular weight is 261 g/mol. The van der Waals surface area contributed by atoms with Gasteiger partial charge in [-0.2, -0.15) is 0 Å². The van der Waals surface area contributed by atoms with Crippen molar-refractivity contribution in [2.75, 3.05) is 6.61 Å². The summed E-state index contributed by atoms with van der Waals surface area (Å²) in [5.74, 6) is 0.675. The van der Waals surface area contributed by atoms with E-state index < -0.39 is 0 Å². The van der Waals surface area contributed by atoms with E-state index in [4.69, 9.17) is 16.3 Å². The molecule has 0 aromatic heterocycles. The van der Waals surface area contributed by atoms with E-state index in [-0.39, 0.29) is 0 Å². The summed E-state index contributed by atoms with van der Waals surface area (Å²) in [6, 6.07) is 13.0. The van der Waals surface area contributed by atoms with Gasteiger partial charge < -0.3 is 4.74 Å². The van der Waals surface area contributed by atoms with Gasteiger partial charge in [-0.3, -0.25) is 4.79 Å². The lowest BCUT2D eigenvalue weighted by Gasteiger charge is -2.08. The minimum atomic E-state index is 0.575. The summed E-state index contributed by atoms with van der Waals surface area (Å²) < 4.78 is 5.38. The summed E-state index contributed by atoms with van der Waals surface area (Å²) in [6.45, 7) is 2.50. The molecule has 0 unspecified atom stereocenters. The molecule has 0 saturated heterocycles. The Morgan fingerprint density at radius 1 is 1.17 bits per heavy atom. The van der Waals surface area contributed by atoms with Gasteiger partial charge in [-0.15, -0.1) is 0 Å². The van der Waals surface area contributed by atoms with Crippen molar-refractivity contribution < 1.29 is 9.53 Å². The molecule has 0 radical (unpaired) electrons. The molecule has 2 aromatic carbocycles. The molecule has 0 atom stereocenters. The molecule has 2 nitrogen and oxygen atoms in total. The predicted octanol–water partition coefficient (Wildman–Crippen LogP) is 4.22. The Kier molecular flexibility index (Phi) is 4.00. The summed E-state index contributed by atoms with van der Waals surface area (Å²) in [5.41, 5.74) is 2.58. The van der Waals surface area contributed by atoms with Crippen LogP contribution in [-0.4, -0.2) is 12.9 Å². The first kappa shape index (κ1) is 12.7. The molecule has 0 heterocycles. The number of ether oxygens (including phenoxy) is 1. The highest BCUT2D eigenvalue weighted by molar-refractivity contribution is 6.32. The second-order valence-corrected chi connectivity index (χ2v) is 4.23. The minimum Gasteiger partial charge on any atom is -0.492 e. The van der Waals surface area contributed by atoms with Gasteiger partial charge in [-0.1, -0.05) is 35.9 Å². The van der Waals surface area contributed by atoms with Crippen LogP contribution in [0.15, 0.2) is 42.5 Å². The Balaban J connectivity index is 2.38. The molecule has 0 amide bonds. The van der Waals surface area contributed by atoms with E-state index in [1.54, 1.807) is 6.07 Å². The molecule has 2 aromatic rings.